The lowest BCUT2D eigenvalue weighted by Gasteiger charge is -2.29. The summed E-state index contributed by atoms with van der Waals surface area (Å²) in [5, 5.41) is 3.42. The number of hydrogen-bond acceptors (Lipinski definition) is 8. The lowest BCUT2D eigenvalue weighted by molar-refractivity contribution is -0.138. The number of carbonyl (C=O) groups excluding carboxylic acids is 4. The van der Waals surface area contributed by atoms with Crippen LogP contribution in [0.4, 0.5) is 14.9 Å². The molecule has 0 unspecified atom stereocenters. The van der Waals surface area contributed by atoms with Gasteiger partial charge in [-0.1, -0.05) is 70.0 Å². The SMILES string of the molecule is CC(C)(C)c1cccc(N[C@@H](CCCCC/C=C\[C@@H]2C[C@@H]2C(=O)NS(=O)(=O)C2(C)CC2)C(=O)N2C[C@H](OC(=O)N3Cc4cccc(F)c4C3)C[C@H]2C(N)=O)c1. The molecule has 3 fully saturated rings. The Kier molecular flexibility index (Phi) is 11.7. The second-order valence-electron chi connectivity index (χ2n) is 16.9. The van der Waals surface area contributed by atoms with Gasteiger partial charge in [0, 0.05) is 30.1 Å². The van der Waals surface area contributed by atoms with Gasteiger partial charge in [-0.3, -0.25) is 24.0 Å². The van der Waals surface area contributed by atoms with E-state index in [2.05, 4.69) is 30.8 Å². The molecule has 5 atom stereocenters. The van der Waals surface area contributed by atoms with E-state index in [1.54, 1.807) is 19.1 Å². The van der Waals surface area contributed by atoms with E-state index < -0.39 is 50.9 Å². The summed E-state index contributed by atoms with van der Waals surface area (Å²) in [6.45, 7) is 8.29. The van der Waals surface area contributed by atoms with Crippen LogP contribution in [-0.2, 0) is 47.6 Å². The number of amides is 4. The first-order valence-corrected chi connectivity index (χ1v) is 20.9. The van der Waals surface area contributed by atoms with Crippen LogP contribution in [0.5, 0.6) is 0 Å². The number of anilines is 1. The minimum absolute atomic E-state index is 0.00374. The number of nitrogens with two attached hydrogens (primary N) is 1. The number of halogens is 1. The fourth-order valence-corrected chi connectivity index (χ4v) is 8.72. The van der Waals surface area contributed by atoms with Crippen molar-refractivity contribution in [3.05, 3.63) is 77.1 Å². The molecular formula is C41H54FN5O7S. The zero-order chi connectivity index (χ0) is 39.7. The Morgan fingerprint density at radius 2 is 1.80 bits per heavy atom. The number of sulfonamides is 1. The van der Waals surface area contributed by atoms with Crippen molar-refractivity contribution in [2.45, 2.75) is 127 Å². The second-order valence-corrected chi connectivity index (χ2v) is 19.1. The Bertz CT molecular complexity index is 1940. The molecule has 55 heavy (non-hydrogen) atoms. The Hall–Kier alpha value is -4.46. The van der Waals surface area contributed by atoms with Gasteiger partial charge in [0.25, 0.3) is 0 Å². The zero-order valence-corrected chi connectivity index (χ0v) is 33.0. The first kappa shape index (κ1) is 40.2. The molecule has 14 heteroatoms. The predicted molar refractivity (Wildman–Crippen MR) is 206 cm³/mol. The van der Waals surface area contributed by atoms with Gasteiger partial charge in [0.15, 0.2) is 0 Å². The maximum atomic E-state index is 14.3. The molecule has 12 nitrogen and oxygen atoms in total. The standard InChI is InChI=1S/C41H54FN5O7S/c1-40(2,3)28-14-11-15-29(21-28)44-34(17-9-7-5-6-8-12-26-20-31(26)37(49)45-55(52,53)41(4)18-19-41)38(50)47-24-30(22-35(47)36(43)48)54-39(51)46-23-27-13-10-16-33(42)32(27)25-46/h8,10-16,21,26,30-31,34-35,44H,5-7,9,17-20,22-25H2,1-4H3,(H2,43,48)(H,45,49)/b12-8-/t26-,30-,31+,34+,35+/m1/s1. The molecule has 0 radical (unpaired) electrons. The number of fused-ring (bicyclic) bond motifs is 1. The molecule has 2 aliphatic heterocycles. The molecule has 4 amide bonds. The summed E-state index contributed by atoms with van der Waals surface area (Å²) in [5.74, 6) is -2.08. The van der Waals surface area contributed by atoms with Crippen molar-refractivity contribution in [2.24, 2.45) is 17.6 Å². The number of rotatable bonds is 15. The molecule has 2 aliphatic carbocycles. The molecule has 4 aliphatic rings. The van der Waals surface area contributed by atoms with Crippen LogP contribution in [0, 0.1) is 17.7 Å². The van der Waals surface area contributed by atoms with E-state index in [0.717, 1.165) is 30.5 Å². The van der Waals surface area contributed by atoms with Gasteiger partial charge in [-0.25, -0.2) is 17.6 Å². The third-order valence-electron chi connectivity index (χ3n) is 11.5. The lowest BCUT2D eigenvalue weighted by atomic mass is 9.87. The highest BCUT2D eigenvalue weighted by Gasteiger charge is 2.52. The lowest BCUT2D eigenvalue weighted by Crippen LogP contribution is -2.49. The highest BCUT2D eigenvalue weighted by Crippen LogP contribution is 2.44. The predicted octanol–water partition coefficient (Wildman–Crippen LogP) is 5.65. The second kappa shape index (κ2) is 16.0. The number of ether oxygens (including phenoxy) is 1. The van der Waals surface area contributed by atoms with Crippen molar-refractivity contribution in [3.8, 4) is 0 Å². The van der Waals surface area contributed by atoms with Gasteiger partial charge < -0.3 is 20.7 Å². The van der Waals surface area contributed by atoms with Gasteiger partial charge in [-0.05, 0) is 86.1 Å². The number of primary amides is 1. The van der Waals surface area contributed by atoms with E-state index in [1.807, 2.05) is 36.4 Å². The van der Waals surface area contributed by atoms with Crippen molar-refractivity contribution in [1.82, 2.24) is 14.5 Å². The normalized spacial score (nSPS) is 23.3. The number of allylic oxidation sites excluding steroid dienone is 2. The molecule has 0 spiro atoms. The number of hydrogen-bond donors (Lipinski definition) is 3. The van der Waals surface area contributed by atoms with Crippen LogP contribution in [0.1, 0.15) is 102 Å². The van der Waals surface area contributed by atoms with Crippen molar-refractivity contribution >= 4 is 39.5 Å². The molecule has 0 aromatic heterocycles. The molecule has 298 valence electrons. The molecule has 0 bridgehead atoms. The Morgan fingerprint density at radius 3 is 2.49 bits per heavy atom. The van der Waals surface area contributed by atoms with Gasteiger partial charge in [-0.15, -0.1) is 0 Å². The topological polar surface area (TPSA) is 168 Å². The van der Waals surface area contributed by atoms with E-state index >= 15 is 0 Å². The average molecular weight is 780 g/mol. The quantitative estimate of drug-likeness (QED) is 0.154. The Labute approximate surface area is 323 Å². The summed E-state index contributed by atoms with van der Waals surface area (Å²) in [7, 11) is -3.64. The summed E-state index contributed by atoms with van der Waals surface area (Å²) in [5.41, 5.74) is 8.71. The van der Waals surface area contributed by atoms with Crippen molar-refractivity contribution in [2.75, 3.05) is 11.9 Å². The molecule has 2 heterocycles. The molecule has 2 aromatic rings. The maximum absolute atomic E-state index is 14.3. The highest BCUT2D eigenvalue weighted by molar-refractivity contribution is 7.91. The summed E-state index contributed by atoms with van der Waals surface area (Å²) in [6, 6.07) is 11.0. The Morgan fingerprint density at radius 1 is 1.05 bits per heavy atom. The van der Waals surface area contributed by atoms with Crippen molar-refractivity contribution < 1.29 is 36.7 Å². The fourth-order valence-electron chi connectivity index (χ4n) is 7.42. The summed E-state index contributed by atoms with van der Waals surface area (Å²) < 4.78 is 46.4. The maximum Gasteiger partial charge on any atom is 0.410 e. The molecular weight excluding hydrogens is 726 g/mol. The van der Waals surface area contributed by atoms with Crippen LogP contribution >= 0.6 is 0 Å². The minimum Gasteiger partial charge on any atom is -0.444 e. The van der Waals surface area contributed by atoms with Gasteiger partial charge in [-0.2, -0.15) is 0 Å². The largest absolute Gasteiger partial charge is 0.444 e. The smallest absolute Gasteiger partial charge is 0.410 e. The van der Waals surface area contributed by atoms with Crippen molar-refractivity contribution in [3.63, 3.8) is 0 Å². The first-order chi connectivity index (χ1) is 26.0. The number of likely N-dealkylation sites (tertiary alicyclic amines) is 1. The summed E-state index contributed by atoms with van der Waals surface area (Å²) in [6.07, 6.45) is 8.11. The number of benzene rings is 2. The number of nitrogens with zero attached hydrogens (tertiary/aromatic N) is 2. The van der Waals surface area contributed by atoms with Gasteiger partial charge in [0.05, 0.1) is 17.8 Å². The van der Waals surface area contributed by atoms with Crippen LogP contribution in [0.2, 0.25) is 0 Å². The fraction of sp³-hybridized carbons (Fsp3) is 0.561. The molecule has 1 saturated heterocycles. The average Bonchev–Trinajstić information content (AvgIpc) is 3.98. The van der Waals surface area contributed by atoms with Crippen LogP contribution in [0.25, 0.3) is 0 Å². The third-order valence-corrected chi connectivity index (χ3v) is 13.6. The van der Waals surface area contributed by atoms with E-state index in [9.17, 15) is 32.0 Å². The van der Waals surface area contributed by atoms with Crippen LogP contribution < -0.4 is 15.8 Å². The highest BCUT2D eigenvalue weighted by atomic mass is 32.2. The third kappa shape index (κ3) is 9.50. The number of nitrogens with one attached hydrogen (secondary N) is 2. The molecule has 6 rings (SSSR count). The van der Waals surface area contributed by atoms with Crippen LogP contribution in [-0.4, -0.2) is 71.5 Å². The Balaban J connectivity index is 1.04. The van der Waals surface area contributed by atoms with Crippen LogP contribution in [0.3, 0.4) is 0 Å². The van der Waals surface area contributed by atoms with Gasteiger partial charge in [0.1, 0.15) is 24.0 Å². The van der Waals surface area contributed by atoms with E-state index in [-0.39, 0.29) is 55.0 Å². The van der Waals surface area contributed by atoms with E-state index in [0.29, 0.717) is 43.2 Å². The van der Waals surface area contributed by atoms with Crippen molar-refractivity contribution in [1.29, 1.82) is 0 Å². The summed E-state index contributed by atoms with van der Waals surface area (Å²) >= 11 is 0. The van der Waals surface area contributed by atoms with E-state index in [4.69, 9.17) is 10.5 Å². The summed E-state index contributed by atoms with van der Waals surface area (Å²) in [4.78, 5) is 55.4. The molecule has 4 N–H and O–H groups in total. The first-order valence-electron chi connectivity index (χ1n) is 19.4. The van der Waals surface area contributed by atoms with Gasteiger partial charge in [0.2, 0.25) is 27.7 Å². The minimum atomic E-state index is -3.64. The number of carbonyl (C=O) groups is 4. The van der Waals surface area contributed by atoms with Crippen LogP contribution in [0.15, 0.2) is 54.6 Å². The molecule has 2 saturated carbocycles. The molecule has 2 aromatic carbocycles. The zero-order valence-electron chi connectivity index (χ0n) is 32.2. The number of unbranched alkanes of at least 4 members (excludes halogenated alkanes) is 3. The van der Waals surface area contributed by atoms with E-state index in [1.165, 1.54) is 15.9 Å². The van der Waals surface area contributed by atoms with Gasteiger partial charge >= 0.3 is 6.09 Å². The monoisotopic (exact) mass is 779 g/mol.